The maximum Gasteiger partial charge on any atom is 0.264 e. The summed E-state index contributed by atoms with van der Waals surface area (Å²) in [4.78, 5) is 30.0. The van der Waals surface area contributed by atoms with Crippen LogP contribution in [0.3, 0.4) is 0 Å². The molecule has 0 aromatic heterocycles. The van der Waals surface area contributed by atoms with E-state index >= 15 is 0 Å². The Morgan fingerprint density at radius 2 is 1.50 bits per heavy atom. The molecule has 0 bridgehead atoms. The summed E-state index contributed by atoms with van der Waals surface area (Å²) in [6.45, 7) is 7.45. The highest BCUT2D eigenvalue weighted by Crippen LogP contribution is 2.29. The van der Waals surface area contributed by atoms with Crippen molar-refractivity contribution < 1.29 is 18.0 Å². The number of anilines is 1. The Kier molecular flexibility index (Phi) is 11.9. The quantitative estimate of drug-likeness (QED) is 0.162. The third-order valence-electron chi connectivity index (χ3n) is 7.55. The molecule has 4 rings (SSSR count). The van der Waals surface area contributed by atoms with E-state index in [2.05, 4.69) is 5.32 Å². The summed E-state index contributed by atoms with van der Waals surface area (Å²) >= 11 is 12.8. The zero-order chi connectivity index (χ0) is 33.4. The van der Waals surface area contributed by atoms with Gasteiger partial charge in [0, 0.05) is 29.6 Å². The molecule has 0 saturated heterocycles. The Labute approximate surface area is 282 Å². The lowest BCUT2D eigenvalue weighted by Crippen LogP contribution is -2.53. The number of hydrogen-bond acceptors (Lipinski definition) is 4. The first kappa shape index (κ1) is 35.0. The van der Waals surface area contributed by atoms with Crippen molar-refractivity contribution in [1.29, 1.82) is 0 Å². The van der Waals surface area contributed by atoms with Crippen molar-refractivity contribution in [3.05, 3.63) is 129 Å². The first-order valence-electron chi connectivity index (χ1n) is 15.1. The molecule has 4 aromatic rings. The normalized spacial score (nSPS) is 12.1. The van der Waals surface area contributed by atoms with Gasteiger partial charge in [-0.05, 0) is 72.4 Å². The van der Waals surface area contributed by atoms with E-state index in [1.165, 1.54) is 17.0 Å². The summed E-state index contributed by atoms with van der Waals surface area (Å²) in [5, 5.41) is 3.74. The number of nitrogens with zero attached hydrogens (tertiary/aromatic N) is 2. The number of carbonyl (C=O) groups is 2. The number of halogens is 2. The van der Waals surface area contributed by atoms with E-state index < -0.39 is 28.5 Å². The van der Waals surface area contributed by atoms with Gasteiger partial charge in [-0.2, -0.15) is 0 Å². The molecule has 4 aromatic carbocycles. The minimum absolute atomic E-state index is 0.0477. The Bertz CT molecular complexity index is 1770. The molecule has 0 radical (unpaired) electrons. The van der Waals surface area contributed by atoms with Crippen molar-refractivity contribution in [2.45, 2.75) is 51.6 Å². The molecule has 0 aliphatic carbocycles. The monoisotopic (exact) mass is 679 g/mol. The fraction of sp³-hybridized carbons (Fsp3) is 0.278. The number of aryl methyl sites for hydroxylation is 2. The van der Waals surface area contributed by atoms with E-state index in [9.17, 15) is 18.0 Å². The standard InChI is InChI=1S/C36H39Cl2N3O4S/c1-25(2)22-39-36(43)34(20-28-11-7-5-8-12-28)40(23-29-17-18-30(37)21-32(29)38)35(42)24-41(33-19-26(3)15-16-27(33)4)46(44,45)31-13-9-6-10-14-31/h5-19,21,25,34H,20,22-24H2,1-4H3,(H,39,43). The molecule has 7 nitrogen and oxygen atoms in total. The molecular weight excluding hydrogens is 641 g/mol. The number of amides is 2. The molecule has 10 heteroatoms. The summed E-state index contributed by atoms with van der Waals surface area (Å²) in [6, 6.07) is 26.9. The second-order valence-electron chi connectivity index (χ2n) is 11.7. The van der Waals surface area contributed by atoms with Crippen LogP contribution >= 0.6 is 23.2 Å². The highest BCUT2D eigenvalue weighted by Gasteiger charge is 2.35. The predicted octanol–water partition coefficient (Wildman–Crippen LogP) is 7.22. The third-order valence-corrected chi connectivity index (χ3v) is 9.92. The van der Waals surface area contributed by atoms with Gasteiger partial charge in [0.25, 0.3) is 10.0 Å². The van der Waals surface area contributed by atoms with E-state index in [1.54, 1.807) is 49.4 Å². The summed E-state index contributed by atoms with van der Waals surface area (Å²) in [5.74, 6) is -0.737. The van der Waals surface area contributed by atoms with Gasteiger partial charge in [0.05, 0.1) is 10.6 Å². The van der Waals surface area contributed by atoms with Crippen molar-refractivity contribution in [2.75, 3.05) is 17.4 Å². The fourth-order valence-corrected chi connectivity index (χ4v) is 6.99. The minimum Gasteiger partial charge on any atom is -0.354 e. The Morgan fingerprint density at radius 1 is 0.848 bits per heavy atom. The average molecular weight is 681 g/mol. The van der Waals surface area contributed by atoms with Crippen LogP contribution in [0.1, 0.15) is 36.1 Å². The van der Waals surface area contributed by atoms with Gasteiger partial charge in [-0.25, -0.2) is 8.42 Å². The van der Waals surface area contributed by atoms with Crippen LogP contribution in [0, 0.1) is 19.8 Å². The molecule has 0 fully saturated rings. The third kappa shape index (κ3) is 8.90. The number of nitrogens with one attached hydrogen (secondary N) is 1. The second kappa shape index (κ2) is 15.6. The Morgan fingerprint density at radius 3 is 2.13 bits per heavy atom. The molecule has 0 spiro atoms. The van der Waals surface area contributed by atoms with Gasteiger partial charge in [0.15, 0.2) is 0 Å². The highest BCUT2D eigenvalue weighted by molar-refractivity contribution is 7.92. The van der Waals surface area contributed by atoms with Crippen molar-refractivity contribution in [3.63, 3.8) is 0 Å². The number of hydrogen-bond donors (Lipinski definition) is 1. The van der Waals surface area contributed by atoms with Gasteiger partial charge in [-0.3, -0.25) is 13.9 Å². The molecule has 242 valence electrons. The van der Waals surface area contributed by atoms with Crippen molar-refractivity contribution in [2.24, 2.45) is 5.92 Å². The summed E-state index contributed by atoms with van der Waals surface area (Å²) in [6.07, 6.45) is 0.205. The Hall–Kier alpha value is -3.85. The lowest BCUT2D eigenvalue weighted by atomic mass is 10.0. The maximum atomic E-state index is 14.6. The zero-order valence-electron chi connectivity index (χ0n) is 26.4. The molecule has 0 aliphatic heterocycles. The number of carbonyl (C=O) groups excluding carboxylic acids is 2. The van der Waals surface area contributed by atoms with Crippen LogP contribution < -0.4 is 9.62 Å². The van der Waals surface area contributed by atoms with Crippen molar-refractivity contribution in [1.82, 2.24) is 10.2 Å². The van der Waals surface area contributed by atoms with E-state index in [-0.39, 0.29) is 29.7 Å². The highest BCUT2D eigenvalue weighted by atomic mass is 35.5. The number of rotatable bonds is 13. The first-order chi connectivity index (χ1) is 21.9. The van der Waals surface area contributed by atoms with Crippen LogP contribution in [0.25, 0.3) is 0 Å². The second-order valence-corrected chi connectivity index (χ2v) is 14.4. The van der Waals surface area contributed by atoms with E-state index in [4.69, 9.17) is 23.2 Å². The SMILES string of the molecule is Cc1ccc(C)c(N(CC(=O)N(Cc2ccc(Cl)cc2Cl)C(Cc2ccccc2)C(=O)NCC(C)C)S(=O)(=O)c2ccccc2)c1. The van der Waals surface area contributed by atoms with Crippen LogP contribution in [0.5, 0.6) is 0 Å². The van der Waals surface area contributed by atoms with E-state index in [1.807, 2.05) is 63.2 Å². The van der Waals surface area contributed by atoms with Gasteiger partial charge >= 0.3 is 0 Å². The molecular formula is C36H39Cl2N3O4S. The topological polar surface area (TPSA) is 86.8 Å². The number of sulfonamides is 1. The van der Waals surface area contributed by atoms with Gasteiger partial charge in [0.1, 0.15) is 12.6 Å². The fourth-order valence-electron chi connectivity index (χ4n) is 5.03. The maximum absolute atomic E-state index is 14.6. The molecule has 2 amide bonds. The lowest BCUT2D eigenvalue weighted by molar-refractivity contribution is -0.140. The summed E-state index contributed by atoms with van der Waals surface area (Å²) in [7, 11) is -4.19. The van der Waals surface area contributed by atoms with Crippen LogP contribution in [0.2, 0.25) is 10.0 Å². The van der Waals surface area contributed by atoms with Gasteiger partial charge < -0.3 is 10.2 Å². The van der Waals surface area contributed by atoms with Crippen LogP contribution in [-0.4, -0.2) is 44.3 Å². The summed E-state index contributed by atoms with van der Waals surface area (Å²) in [5.41, 5.74) is 3.31. The largest absolute Gasteiger partial charge is 0.354 e. The first-order valence-corrected chi connectivity index (χ1v) is 17.3. The smallest absolute Gasteiger partial charge is 0.264 e. The molecule has 1 N–H and O–H groups in total. The van der Waals surface area contributed by atoms with Gasteiger partial charge in [-0.1, -0.05) is 104 Å². The molecule has 0 heterocycles. The molecule has 0 saturated carbocycles. The molecule has 1 atom stereocenters. The van der Waals surface area contributed by atoms with E-state index in [0.29, 0.717) is 33.4 Å². The molecule has 0 aliphatic rings. The molecule has 1 unspecified atom stereocenters. The lowest BCUT2D eigenvalue weighted by Gasteiger charge is -2.34. The van der Waals surface area contributed by atoms with Crippen molar-refractivity contribution >= 4 is 50.7 Å². The zero-order valence-corrected chi connectivity index (χ0v) is 28.7. The minimum atomic E-state index is -4.19. The van der Waals surface area contributed by atoms with Gasteiger partial charge in [-0.15, -0.1) is 0 Å². The Balaban J connectivity index is 1.84. The van der Waals surface area contributed by atoms with E-state index in [0.717, 1.165) is 15.4 Å². The van der Waals surface area contributed by atoms with Crippen LogP contribution in [0.15, 0.2) is 102 Å². The predicted molar refractivity (Wildman–Crippen MR) is 186 cm³/mol. The van der Waals surface area contributed by atoms with Crippen LogP contribution in [-0.2, 0) is 32.6 Å². The summed E-state index contributed by atoms with van der Waals surface area (Å²) < 4.78 is 29.6. The number of benzene rings is 4. The van der Waals surface area contributed by atoms with Crippen LogP contribution in [0.4, 0.5) is 5.69 Å². The molecule has 46 heavy (non-hydrogen) atoms. The average Bonchev–Trinajstić information content (AvgIpc) is 3.03. The van der Waals surface area contributed by atoms with Crippen molar-refractivity contribution in [3.8, 4) is 0 Å². The van der Waals surface area contributed by atoms with Gasteiger partial charge in [0.2, 0.25) is 11.8 Å².